The minimum atomic E-state index is -1.72. The number of imidazole rings is 2. The minimum absolute atomic E-state index is 0.0529. The molecule has 4 atom stereocenters. The second kappa shape index (κ2) is 15.2. The van der Waals surface area contributed by atoms with Crippen LogP contribution >= 0.6 is 0 Å². The zero-order chi connectivity index (χ0) is 39.1. The molecule has 4 amide bonds. The summed E-state index contributed by atoms with van der Waals surface area (Å²) >= 11 is 0. The number of carbonyl (C=O) groups excluding carboxylic acids is 4. The first kappa shape index (κ1) is 37.5. The number of hydrogen-bond donors (Lipinski definition) is 4. The molecule has 4 aliphatic rings. The first-order chi connectivity index (χ1) is 27.0. The molecular weight excluding hydrogens is 729 g/mol. The summed E-state index contributed by atoms with van der Waals surface area (Å²) in [7, 11) is 0.913. The summed E-state index contributed by atoms with van der Waals surface area (Å²) in [5, 5.41) is 5.56. The summed E-state index contributed by atoms with van der Waals surface area (Å²) in [6.07, 6.45) is 8.55. The SMILES string of the molecule is COC(=O)N[C@H](C(=O)N1CCC[C@@H]1c1ncc(-c2ccc(-c3ccc(-c4cnc([C@H]5C[Si](C)(C)CN5C(=O)[C@@H](NC(=O)OC)C5CC5)[nH]4)cc3)cc2)[nH]1)C1CC1. The van der Waals surface area contributed by atoms with Gasteiger partial charge in [0.15, 0.2) is 0 Å². The molecule has 2 saturated carbocycles. The van der Waals surface area contributed by atoms with Gasteiger partial charge in [0.05, 0.1) is 58.2 Å². The van der Waals surface area contributed by atoms with Crippen molar-refractivity contribution in [1.82, 2.24) is 40.4 Å². The van der Waals surface area contributed by atoms with E-state index in [4.69, 9.17) is 19.4 Å². The summed E-state index contributed by atoms with van der Waals surface area (Å²) in [4.78, 5) is 71.8. The smallest absolute Gasteiger partial charge is 0.407 e. The number of likely N-dealkylation sites (tertiary alicyclic amines) is 1. The highest BCUT2D eigenvalue weighted by Gasteiger charge is 2.48. The number of methoxy groups -OCH3 is 2. The van der Waals surface area contributed by atoms with E-state index >= 15 is 0 Å². The van der Waals surface area contributed by atoms with Gasteiger partial charge in [-0.25, -0.2) is 19.6 Å². The van der Waals surface area contributed by atoms with Crippen LogP contribution < -0.4 is 10.6 Å². The lowest BCUT2D eigenvalue weighted by atomic mass is 10.0. The van der Waals surface area contributed by atoms with Crippen LogP contribution in [0.15, 0.2) is 60.9 Å². The van der Waals surface area contributed by atoms with Crippen molar-refractivity contribution in [1.29, 1.82) is 0 Å². The fraction of sp³-hybridized carbons (Fsp3) is 0.463. The van der Waals surface area contributed by atoms with Gasteiger partial charge < -0.3 is 39.9 Å². The Hall–Kier alpha value is -5.44. The standard InChI is InChI=1S/C41H50N8O6Si/c1-54-40(52)46-34(28-15-16-28)38(50)48-19-5-6-32(48)36-42-20-30(44-36)26-11-7-24(8-12-26)25-9-13-27(14-10-25)31-21-43-37(45-31)33-22-56(3,4)23-49(33)39(51)35(29-17-18-29)47-41(53)55-2/h7-14,20-21,28-29,32-35H,5-6,15-19,22-23H2,1-4H3,(H,42,44)(H,43,45)(H,46,52)(H,47,53)/t32-,33-,34+,35+/m1/s1. The minimum Gasteiger partial charge on any atom is -0.453 e. The number of carbonyl (C=O) groups is 4. The predicted molar refractivity (Wildman–Crippen MR) is 212 cm³/mol. The van der Waals surface area contributed by atoms with Crippen molar-refractivity contribution in [3.05, 3.63) is 72.6 Å². The number of rotatable bonds is 11. The average Bonchev–Trinajstić information content (AvgIpc) is 4.00. The normalized spacial score (nSPS) is 21.4. The van der Waals surface area contributed by atoms with Gasteiger partial charge in [0.2, 0.25) is 11.8 Å². The molecule has 2 aromatic heterocycles. The van der Waals surface area contributed by atoms with Gasteiger partial charge in [0.1, 0.15) is 23.7 Å². The summed E-state index contributed by atoms with van der Waals surface area (Å²) in [5.41, 5.74) is 5.88. The molecule has 4 N–H and O–H groups in total. The average molecular weight is 779 g/mol. The Balaban J connectivity index is 0.927. The molecule has 4 fully saturated rings. The molecule has 4 heterocycles. The van der Waals surface area contributed by atoms with Gasteiger partial charge in [-0.1, -0.05) is 61.6 Å². The molecule has 56 heavy (non-hydrogen) atoms. The number of benzene rings is 2. The highest BCUT2D eigenvalue weighted by molar-refractivity contribution is 6.78. The molecule has 2 aliphatic carbocycles. The second-order valence-corrected chi connectivity index (χ2v) is 21.5. The molecule has 15 heteroatoms. The summed E-state index contributed by atoms with van der Waals surface area (Å²) < 4.78 is 9.61. The number of nitrogens with zero attached hydrogens (tertiary/aromatic N) is 4. The third-order valence-electron chi connectivity index (χ3n) is 11.7. The molecule has 4 aromatic rings. The molecular formula is C41H50N8O6Si. The Labute approximate surface area is 327 Å². The van der Waals surface area contributed by atoms with Crippen LogP contribution in [0.1, 0.15) is 62.3 Å². The van der Waals surface area contributed by atoms with E-state index in [2.05, 4.69) is 82.2 Å². The monoisotopic (exact) mass is 778 g/mol. The maximum absolute atomic E-state index is 13.9. The Morgan fingerprint density at radius 3 is 1.59 bits per heavy atom. The first-order valence-electron chi connectivity index (χ1n) is 19.6. The number of aromatic nitrogens is 4. The Bertz CT molecular complexity index is 2090. The Kier molecular flexibility index (Phi) is 10.2. The fourth-order valence-corrected chi connectivity index (χ4v) is 11.3. The first-order valence-corrected chi connectivity index (χ1v) is 23.0. The van der Waals surface area contributed by atoms with Crippen molar-refractivity contribution in [3.8, 4) is 33.6 Å². The topological polar surface area (TPSA) is 175 Å². The third kappa shape index (κ3) is 7.81. The van der Waals surface area contributed by atoms with Crippen LogP contribution in [0.25, 0.3) is 33.6 Å². The van der Waals surface area contributed by atoms with E-state index in [1.165, 1.54) is 14.2 Å². The number of alkyl carbamates (subject to hydrolysis) is 2. The molecule has 0 unspecified atom stereocenters. The lowest BCUT2D eigenvalue weighted by Crippen LogP contribution is -2.50. The highest BCUT2D eigenvalue weighted by atomic mass is 28.3. The molecule has 2 aromatic carbocycles. The van der Waals surface area contributed by atoms with Crippen molar-refractivity contribution in [2.75, 3.05) is 26.9 Å². The molecule has 0 radical (unpaired) electrons. The van der Waals surface area contributed by atoms with Gasteiger partial charge in [-0.3, -0.25) is 9.59 Å². The molecule has 2 aliphatic heterocycles. The lowest BCUT2D eigenvalue weighted by Gasteiger charge is -2.28. The Morgan fingerprint density at radius 1 is 0.679 bits per heavy atom. The van der Waals surface area contributed by atoms with Gasteiger partial charge in [0.25, 0.3) is 0 Å². The number of hydrogen-bond acceptors (Lipinski definition) is 8. The molecule has 294 valence electrons. The van der Waals surface area contributed by atoms with Crippen molar-refractivity contribution in [3.63, 3.8) is 0 Å². The van der Waals surface area contributed by atoms with Crippen molar-refractivity contribution in [2.45, 2.75) is 81.8 Å². The van der Waals surface area contributed by atoms with E-state index in [0.717, 1.165) is 89.9 Å². The van der Waals surface area contributed by atoms with Crippen LogP contribution in [0.2, 0.25) is 19.1 Å². The fourth-order valence-electron chi connectivity index (χ4n) is 8.40. The van der Waals surface area contributed by atoms with Crippen molar-refractivity contribution in [2.24, 2.45) is 11.8 Å². The van der Waals surface area contributed by atoms with E-state index in [1.807, 2.05) is 22.2 Å². The van der Waals surface area contributed by atoms with E-state index in [9.17, 15) is 19.2 Å². The van der Waals surface area contributed by atoms with Gasteiger partial charge in [-0.05, 0) is 78.7 Å². The maximum Gasteiger partial charge on any atom is 0.407 e. The Morgan fingerprint density at radius 2 is 1.12 bits per heavy atom. The van der Waals surface area contributed by atoms with Crippen LogP contribution in [-0.4, -0.2) is 101 Å². The quantitative estimate of drug-likeness (QED) is 0.130. The maximum atomic E-state index is 13.9. The van der Waals surface area contributed by atoms with E-state index < -0.39 is 32.3 Å². The number of H-pyrrole nitrogens is 2. The molecule has 0 bridgehead atoms. The predicted octanol–water partition coefficient (Wildman–Crippen LogP) is 6.20. The number of nitrogens with one attached hydrogen (secondary N) is 4. The van der Waals surface area contributed by atoms with Crippen molar-refractivity contribution >= 4 is 32.1 Å². The lowest BCUT2D eigenvalue weighted by molar-refractivity contribution is -0.135. The summed E-state index contributed by atoms with van der Waals surface area (Å²) in [6, 6.07) is 16.0. The van der Waals surface area contributed by atoms with Crippen LogP contribution in [0.5, 0.6) is 0 Å². The van der Waals surface area contributed by atoms with Crippen LogP contribution in [-0.2, 0) is 19.1 Å². The highest BCUT2D eigenvalue weighted by Crippen LogP contribution is 2.41. The van der Waals surface area contributed by atoms with Crippen LogP contribution in [0, 0.1) is 11.8 Å². The summed E-state index contributed by atoms with van der Waals surface area (Å²) in [6.45, 7) is 5.21. The molecule has 0 spiro atoms. The van der Waals surface area contributed by atoms with Gasteiger partial charge in [-0.2, -0.15) is 0 Å². The largest absolute Gasteiger partial charge is 0.453 e. The van der Waals surface area contributed by atoms with Gasteiger partial charge in [-0.15, -0.1) is 0 Å². The van der Waals surface area contributed by atoms with Crippen molar-refractivity contribution < 1.29 is 28.7 Å². The zero-order valence-electron chi connectivity index (χ0n) is 32.3. The van der Waals surface area contributed by atoms with Crippen LogP contribution in [0.4, 0.5) is 9.59 Å². The number of aromatic amines is 2. The van der Waals surface area contributed by atoms with E-state index in [-0.39, 0.29) is 35.7 Å². The van der Waals surface area contributed by atoms with Gasteiger partial charge in [0, 0.05) is 12.7 Å². The van der Waals surface area contributed by atoms with Gasteiger partial charge >= 0.3 is 12.2 Å². The molecule has 8 rings (SSSR count). The number of amides is 4. The molecule has 2 saturated heterocycles. The van der Waals surface area contributed by atoms with E-state index in [1.54, 1.807) is 0 Å². The van der Waals surface area contributed by atoms with Crippen LogP contribution in [0.3, 0.4) is 0 Å². The third-order valence-corrected chi connectivity index (χ3v) is 14.4. The molecule has 14 nitrogen and oxygen atoms in total. The number of ether oxygens (including phenoxy) is 2. The second-order valence-electron chi connectivity index (χ2n) is 16.5. The van der Waals surface area contributed by atoms with E-state index in [0.29, 0.717) is 12.7 Å². The zero-order valence-corrected chi connectivity index (χ0v) is 33.3. The summed E-state index contributed by atoms with van der Waals surface area (Å²) in [5.74, 6) is 1.68.